The van der Waals surface area contributed by atoms with Crippen molar-refractivity contribution in [3.8, 4) is 0 Å². The van der Waals surface area contributed by atoms with Crippen molar-refractivity contribution in [2.75, 3.05) is 0 Å². The lowest BCUT2D eigenvalue weighted by Gasteiger charge is -2.48. The maximum absolute atomic E-state index is 11.6. The summed E-state index contributed by atoms with van der Waals surface area (Å²) in [4.78, 5) is 23.1. The molecule has 0 aromatic rings. The van der Waals surface area contributed by atoms with Crippen molar-refractivity contribution in [1.82, 2.24) is 0 Å². The molecule has 0 unspecified atom stereocenters. The van der Waals surface area contributed by atoms with Gasteiger partial charge < -0.3 is 0 Å². The molecule has 8 rings (SSSR count). The van der Waals surface area contributed by atoms with Gasteiger partial charge in [0.1, 0.15) is 11.6 Å². The van der Waals surface area contributed by atoms with Crippen LogP contribution >= 0.6 is 0 Å². The van der Waals surface area contributed by atoms with Crippen molar-refractivity contribution in [2.45, 2.75) is 64.2 Å². The summed E-state index contributed by atoms with van der Waals surface area (Å²) in [6.07, 6.45) is 12.8. The van der Waals surface area contributed by atoms with Crippen molar-refractivity contribution in [2.24, 2.45) is 47.3 Å². The van der Waals surface area contributed by atoms with E-state index in [1.54, 1.807) is 0 Å². The van der Waals surface area contributed by atoms with Crippen molar-refractivity contribution < 1.29 is 9.59 Å². The molecular formula is C20H28O2. The summed E-state index contributed by atoms with van der Waals surface area (Å²) in [6.45, 7) is 0. The minimum atomic E-state index is 0.506. The quantitative estimate of drug-likeness (QED) is 0.677. The molecule has 0 aromatic heterocycles. The molecule has 0 atom stereocenters. The SMILES string of the molecule is O=C1C2CC3CC(C2)CC1C3.O=C1C2CC3CC(C2)CC1C3. The maximum atomic E-state index is 11.6. The largest absolute Gasteiger partial charge is 0.299 e. The molecule has 8 fully saturated rings. The van der Waals surface area contributed by atoms with E-state index in [1.165, 1.54) is 64.2 Å². The van der Waals surface area contributed by atoms with Gasteiger partial charge in [0, 0.05) is 23.7 Å². The van der Waals surface area contributed by atoms with Gasteiger partial charge in [0.25, 0.3) is 0 Å². The predicted molar refractivity (Wildman–Crippen MR) is 84.1 cm³/mol. The molecule has 8 aliphatic rings. The molecule has 8 bridgehead atoms. The molecule has 120 valence electrons. The summed E-state index contributed by atoms with van der Waals surface area (Å²) in [5.41, 5.74) is 0. The maximum Gasteiger partial charge on any atom is 0.139 e. The second-order valence-corrected chi connectivity index (χ2v) is 9.41. The summed E-state index contributed by atoms with van der Waals surface area (Å²) in [5.74, 6) is 7.03. The van der Waals surface area contributed by atoms with E-state index in [1.807, 2.05) is 0 Å². The van der Waals surface area contributed by atoms with Crippen LogP contribution < -0.4 is 0 Å². The van der Waals surface area contributed by atoms with Gasteiger partial charge in [-0.25, -0.2) is 0 Å². The second kappa shape index (κ2) is 4.92. The minimum absolute atomic E-state index is 0.506. The first-order valence-corrected chi connectivity index (χ1v) is 9.73. The average Bonchev–Trinajstić information content (AvgIpc) is 2.49. The van der Waals surface area contributed by atoms with Gasteiger partial charge in [-0.3, -0.25) is 9.59 Å². The zero-order valence-electron chi connectivity index (χ0n) is 13.5. The van der Waals surface area contributed by atoms with E-state index < -0.39 is 0 Å². The summed E-state index contributed by atoms with van der Waals surface area (Å²) < 4.78 is 0. The third kappa shape index (κ3) is 2.12. The van der Waals surface area contributed by atoms with Gasteiger partial charge in [-0.1, -0.05) is 0 Å². The van der Waals surface area contributed by atoms with Crippen molar-refractivity contribution in [3.05, 3.63) is 0 Å². The van der Waals surface area contributed by atoms with Gasteiger partial charge in [-0.15, -0.1) is 0 Å². The first-order valence-electron chi connectivity index (χ1n) is 9.73. The van der Waals surface area contributed by atoms with Gasteiger partial charge in [0.05, 0.1) is 0 Å². The van der Waals surface area contributed by atoms with Crippen LogP contribution in [0.2, 0.25) is 0 Å². The topological polar surface area (TPSA) is 34.1 Å². The highest BCUT2D eigenvalue weighted by Gasteiger charge is 2.48. The molecular weight excluding hydrogens is 272 g/mol. The first kappa shape index (κ1) is 13.7. The molecule has 0 amide bonds. The molecule has 0 aliphatic heterocycles. The molecule has 8 aliphatic carbocycles. The van der Waals surface area contributed by atoms with Gasteiger partial charge in [-0.2, -0.15) is 0 Å². The van der Waals surface area contributed by atoms with Crippen LogP contribution in [0.1, 0.15) is 64.2 Å². The van der Waals surface area contributed by atoms with E-state index in [0.29, 0.717) is 35.2 Å². The predicted octanol–water partition coefficient (Wildman–Crippen LogP) is 4.02. The Bertz CT molecular complexity index is 400. The van der Waals surface area contributed by atoms with E-state index >= 15 is 0 Å². The molecule has 0 aromatic carbocycles. The van der Waals surface area contributed by atoms with Gasteiger partial charge in [0.2, 0.25) is 0 Å². The molecule has 0 radical (unpaired) electrons. The Kier molecular flexibility index (Phi) is 3.07. The number of hydrogen-bond acceptors (Lipinski definition) is 2. The lowest BCUT2D eigenvalue weighted by Crippen LogP contribution is -2.45. The van der Waals surface area contributed by atoms with Crippen LogP contribution in [0.5, 0.6) is 0 Å². The Morgan fingerprint density at radius 1 is 0.409 bits per heavy atom. The highest BCUT2D eigenvalue weighted by molar-refractivity contribution is 5.85. The van der Waals surface area contributed by atoms with Crippen LogP contribution in [0.4, 0.5) is 0 Å². The highest BCUT2D eigenvalue weighted by atomic mass is 16.1. The third-order valence-electron chi connectivity index (χ3n) is 7.89. The molecule has 0 saturated heterocycles. The third-order valence-corrected chi connectivity index (χ3v) is 7.89. The first-order chi connectivity index (χ1) is 10.7. The zero-order valence-corrected chi connectivity index (χ0v) is 13.5. The van der Waals surface area contributed by atoms with E-state index in [0.717, 1.165) is 23.7 Å². The average molecular weight is 300 g/mol. The number of Topliss-reactive ketones (excluding diaryl/α,β-unsaturated/α-hetero) is 2. The van der Waals surface area contributed by atoms with E-state index in [4.69, 9.17) is 0 Å². The van der Waals surface area contributed by atoms with E-state index in [2.05, 4.69) is 0 Å². The summed E-state index contributed by atoms with van der Waals surface area (Å²) in [7, 11) is 0. The number of rotatable bonds is 0. The Hall–Kier alpha value is -0.660. The van der Waals surface area contributed by atoms with Gasteiger partial charge in [-0.05, 0) is 87.9 Å². The lowest BCUT2D eigenvalue weighted by molar-refractivity contribution is -0.140. The standard InChI is InChI=1S/2C10H14O/c2*11-10-8-2-6-1-7(4-8)5-9(10)3-6/h2*6-9H,1-5H2. The number of hydrogen-bond donors (Lipinski definition) is 0. The minimum Gasteiger partial charge on any atom is -0.299 e. The van der Waals surface area contributed by atoms with Crippen molar-refractivity contribution >= 4 is 11.6 Å². The molecule has 22 heavy (non-hydrogen) atoms. The van der Waals surface area contributed by atoms with Crippen LogP contribution in [-0.4, -0.2) is 11.6 Å². The summed E-state index contributed by atoms with van der Waals surface area (Å²) in [6, 6.07) is 0. The van der Waals surface area contributed by atoms with Crippen LogP contribution in [-0.2, 0) is 9.59 Å². The Morgan fingerprint density at radius 3 is 0.864 bits per heavy atom. The van der Waals surface area contributed by atoms with E-state index in [-0.39, 0.29) is 0 Å². The lowest BCUT2D eigenvalue weighted by atomic mass is 9.56. The normalized spacial score (nSPS) is 53.6. The fraction of sp³-hybridized carbons (Fsp3) is 0.900. The van der Waals surface area contributed by atoms with Gasteiger partial charge in [0.15, 0.2) is 0 Å². The number of ketones is 2. The molecule has 2 nitrogen and oxygen atoms in total. The Balaban J connectivity index is 0.000000102. The Morgan fingerprint density at radius 2 is 0.636 bits per heavy atom. The van der Waals surface area contributed by atoms with Crippen LogP contribution in [0.25, 0.3) is 0 Å². The van der Waals surface area contributed by atoms with E-state index in [9.17, 15) is 9.59 Å². The summed E-state index contributed by atoms with van der Waals surface area (Å²) in [5, 5.41) is 0. The number of carbonyl (C=O) groups excluding carboxylic acids is 2. The molecule has 0 spiro atoms. The Labute approximate surface area is 133 Å². The molecule has 0 heterocycles. The fourth-order valence-electron chi connectivity index (χ4n) is 7.30. The van der Waals surface area contributed by atoms with Crippen molar-refractivity contribution in [3.63, 3.8) is 0 Å². The van der Waals surface area contributed by atoms with Crippen LogP contribution in [0, 0.1) is 47.3 Å². The smallest absolute Gasteiger partial charge is 0.139 e. The second-order valence-electron chi connectivity index (χ2n) is 9.41. The van der Waals surface area contributed by atoms with Gasteiger partial charge >= 0.3 is 0 Å². The highest BCUT2D eigenvalue weighted by Crippen LogP contribution is 2.52. The number of carbonyl (C=O) groups is 2. The van der Waals surface area contributed by atoms with Crippen LogP contribution in [0.15, 0.2) is 0 Å². The van der Waals surface area contributed by atoms with Crippen molar-refractivity contribution in [1.29, 1.82) is 0 Å². The zero-order chi connectivity index (χ0) is 14.8. The monoisotopic (exact) mass is 300 g/mol. The molecule has 2 heteroatoms. The fourth-order valence-corrected chi connectivity index (χ4v) is 7.30. The van der Waals surface area contributed by atoms with Crippen LogP contribution in [0.3, 0.4) is 0 Å². The summed E-state index contributed by atoms with van der Waals surface area (Å²) >= 11 is 0. The molecule has 8 saturated carbocycles. The molecule has 0 N–H and O–H groups in total.